The molecular weight excluding hydrogens is 276 g/mol. The molecule has 0 heterocycles. The summed E-state index contributed by atoms with van der Waals surface area (Å²) in [6, 6.07) is 14.6. The summed E-state index contributed by atoms with van der Waals surface area (Å²) in [4.78, 5) is 0. The van der Waals surface area contributed by atoms with Crippen LogP contribution in [0.2, 0.25) is 5.02 Å². The Hall–Kier alpha value is -1.79. The number of hydrogen-bond acceptors (Lipinski definition) is 0. The van der Waals surface area contributed by atoms with Crippen LogP contribution in [0.1, 0.15) is 31.4 Å². The summed E-state index contributed by atoms with van der Waals surface area (Å²) in [5, 5.41) is 0.768. The van der Waals surface area contributed by atoms with Crippen molar-refractivity contribution in [3.63, 3.8) is 0 Å². The van der Waals surface area contributed by atoms with E-state index in [-0.39, 0.29) is 0 Å². The van der Waals surface area contributed by atoms with E-state index in [4.69, 9.17) is 11.6 Å². The highest BCUT2D eigenvalue weighted by Gasteiger charge is 2.06. The van der Waals surface area contributed by atoms with Gasteiger partial charge in [-0.15, -0.1) is 0 Å². The maximum Gasteiger partial charge on any atom is 0.0406 e. The molecule has 21 heavy (non-hydrogen) atoms. The third-order valence-corrected chi connectivity index (χ3v) is 3.82. The molecule has 0 unspecified atom stereocenters. The molecule has 2 aromatic rings. The van der Waals surface area contributed by atoms with Crippen LogP contribution in [0.5, 0.6) is 0 Å². The zero-order valence-corrected chi connectivity index (χ0v) is 13.5. The molecule has 0 atom stereocenters. The lowest BCUT2D eigenvalue weighted by atomic mass is 9.94. The molecule has 0 fully saturated rings. The van der Waals surface area contributed by atoms with Crippen LogP contribution in [0.15, 0.2) is 61.2 Å². The highest BCUT2D eigenvalue weighted by atomic mass is 35.5. The molecule has 0 saturated carbocycles. The summed E-state index contributed by atoms with van der Waals surface area (Å²) in [5.74, 6) is 0. The molecular formula is C20H21Cl. The molecule has 0 bridgehead atoms. The van der Waals surface area contributed by atoms with Gasteiger partial charge in [0, 0.05) is 5.02 Å². The Morgan fingerprint density at radius 3 is 2.33 bits per heavy atom. The summed E-state index contributed by atoms with van der Waals surface area (Å²) < 4.78 is 0. The second-order valence-corrected chi connectivity index (χ2v) is 5.50. The average Bonchev–Trinajstić information content (AvgIpc) is 2.52. The molecule has 0 aliphatic carbocycles. The first-order valence-electron chi connectivity index (χ1n) is 7.40. The van der Waals surface area contributed by atoms with Crippen LogP contribution in [0.3, 0.4) is 0 Å². The molecule has 0 spiro atoms. The molecule has 0 nitrogen and oxygen atoms in total. The predicted molar refractivity (Wildman–Crippen MR) is 94.7 cm³/mol. The van der Waals surface area contributed by atoms with Crippen LogP contribution < -0.4 is 0 Å². The van der Waals surface area contributed by atoms with Gasteiger partial charge in [-0.3, -0.25) is 0 Å². The SMILES string of the molecule is C=C(/C=C\CC)c1ccc(-c2ccc(Cl)cc2)cc1CC. The summed E-state index contributed by atoms with van der Waals surface area (Å²) >= 11 is 5.95. The Labute approximate surface area is 132 Å². The zero-order valence-electron chi connectivity index (χ0n) is 12.7. The van der Waals surface area contributed by atoms with E-state index in [9.17, 15) is 0 Å². The first kappa shape index (κ1) is 15.6. The van der Waals surface area contributed by atoms with Crippen molar-refractivity contribution in [2.45, 2.75) is 26.7 Å². The minimum absolute atomic E-state index is 0.768. The van der Waals surface area contributed by atoms with Gasteiger partial charge in [0.25, 0.3) is 0 Å². The molecule has 0 aliphatic rings. The fourth-order valence-corrected chi connectivity index (χ4v) is 2.50. The van der Waals surface area contributed by atoms with Crippen molar-refractivity contribution >= 4 is 17.2 Å². The molecule has 1 heteroatoms. The monoisotopic (exact) mass is 296 g/mol. The van der Waals surface area contributed by atoms with Gasteiger partial charge in [-0.2, -0.15) is 0 Å². The maximum atomic E-state index is 5.95. The predicted octanol–water partition coefficient (Wildman–Crippen LogP) is 6.55. The van der Waals surface area contributed by atoms with Gasteiger partial charge < -0.3 is 0 Å². The molecule has 0 aliphatic heterocycles. The van der Waals surface area contributed by atoms with E-state index >= 15 is 0 Å². The van der Waals surface area contributed by atoms with E-state index in [0.717, 1.165) is 23.4 Å². The quantitative estimate of drug-likeness (QED) is 0.549. The van der Waals surface area contributed by atoms with Crippen LogP contribution in [0.25, 0.3) is 16.7 Å². The van der Waals surface area contributed by atoms with Crippen molar-refractivity contribution in [2.75, 3.05) is 0 Å². The normalized spacial score (nSPS) is 11.0. The first-order valence-corrected chi connectivity index (χ1v) is 7.78. The van der Waals surface area contributed by atoms with Crippen molar-refractivity contribution in [3.05, 3.63) is 77.3 Å². The molecule has 0 amide bonds. The number of aryl methyl sites for hydroxylation is 1. The Morgan fingerprint density at radius 2 is 1.71 bits per heavy atom. The van der Waals surface area contributed by atoms with Gasteiger partial charge in [-0.1, -0.05) is 74.5 Å². The molecule has 0 saturated heterocycles. The Bertz CT molecular complexity index is 648. The Kier molecular flexibility index (Phi) is 5.41. The van der Waals surface area contributed by atoms with Gasteiger partial charge in [0.2, 0.25) is 0 Å². The van der Waals surface area contributed by atoms with Crippen LogP contribution in [-0.2, 0) is 6.42 Å². The largest absolute Gasteiger partial charge is 0.0912 e. The molecule has 2 rings (SSSR count). The van der Waals surface area contributed by atoms with Crippen molar-refractivity contribution in [1.29, 1.82) is 0 Å². The van der Waals surface area contributed by atoms with Gasteiger partial charge in [0.15, 0.2) is 0 Å². The van der Waals surface area contributed by atoms with Crippen LogP contribution in [-0.4, -0.2) is 0 Å². The lowest BCUT2D eigenvalue weighted by molar-refractivity contribution is 1.13. The minimum Gasteiger partial charge on any atom is -0.0912 e. The average molecular weight is 297 g/mol. The molecule has 0 aromatic heterocycles. The number of allylic oxidation sites excluding steroid dienone is 3. The van der Waals surface area contributed by atoms with E-state index in [0.29, 0.717) is 0 Å². The van der Waals surface area contributed by atoms with Gasteiger partial charge in [-0.25, -0.2) is 0 Å². The highest BCUT2D eigenvalue weighted by molar-refractivity contribution is 6.30. The third-order valence-electron chi connectivity index (χ3n) is 3.56. The number of rotatable bonds is 5. The minimum atomic E-state index is 0.768. The summed E-state index contributed by atoms with van der Waals surface area (Å²) in [5.41, 5.74) is 6.05. The lowest BCUT2D eigenvalue weighted by Gasteiger charge is -2.11. The summed E-state index contributed by atoms with van der Waals surface area (Å²) in [6.07, 6.45) is 6.28. The summed E-state index contributed by atoms with van der Waals surface area (Å²) in [6.45, 7) is 8.50. The summed E-state index contributed by atoms with van der Waals surface area (Å²) in [7, 11) is 0. The molecule has 2 aromatic carbocycles. The number of halogens is 1. The smallest absolute Gasteiger partial charge is 0.0406 e. The van der Waals surface area contributed by atoms with Gasteiger partial charge in [-0.05, 0) is 52.8 Å². The third kappa shape index (κ3) is 3.86. The van der Waals surface area contributed by atoms with Gasteiger partial charge in [0.1, 0.15) is 0 Å². The second-order valence-electron chi connectivity index (χ2n) is 5.07. The maximum absolute atomic E-state index is 5.95. The van der Waals surface area contributed by atoms with E-state index in [1.807, 2.05) is 12.1 Å². The number of benzene rings is 2. The first-order chi connectivity index (χ1) is 10.2. The van der Waals surface area contributed by atoms with Crippen molar-refractivity contribution in [1.82, 2.24) is 0 Å². The Balaban J connectivity index is 2.38. The van der Waals surface area contributed by atoms with Gasteiger partial charge in [0.05, 0.1) is 0 Å². The standard InChI is InChI=1S/C20H21Cl/c1-4-6-7-15(3)20-13-10-18(14-16(20)5-2)17-8-11-19(21)12-9-17/h6-14H,3-5H2,1-2H3/b7-6-. The molecule has 108 valence electrons. The molecule has 0 N–H and O–H groups in total. The molecule has 0 radical (unpaired) electrons. The number of hydrogen-bond donors (Lipinski definition) is 0. The van der Waals surface area contributed by atoms with Crippen LogP contribution in [0, 0.1) is 0 Å². The Morgan fingerprint density at radius 1 is 1.05 bits per heavy atom. The fraction of sp³-hybridized carbons (Fsp3) is 0.200. The zero-order chi connectivity index (χ0) is 15.2. The van der Waals surface area contributed by atoms with E-state index in [1.165, 1.54) is 22.3 Å². The topological polar surface area (TPSA) is 0 Å². The van der Waals surface area contributed by atoms with E-state index in [1.54, 1.807) is 0 Å². The fourth-order valence-electron chi connectivity index (χ4n) is 2.37. The highest BCUT2D eigenvalue weighted by Crippen LogP contribution is 2.27. The van der Waals surface area contributed by atoms with Crippen LogP contribution >= 0.6 is 11.6 Å². The van der Waals surface area contributed by atoms with Crippen LogP contribution in [0.4, 0.5) is 0 Å². The second kappa shape index (κ2) is 7.28. The van der Waals surface area contributed by atoms with E-state index in [2.05, 4.69) is 62.9 Å². The van der Waals surface area contributed by atoms with Crippen molar-refractivity contribution < 1.29 is 0 Å². The van der Waals surface area contributed by atoms with Crippen molar-refractivity contribution in [3.8, 4) is 11.1 Å². The van der Waals surface area contributed by atoms with Crippen molar-refractivity contribution in [2.24, 2.45) is 0 Å². The van der Waals surface area contributed by atoms with Gasteiger partial charge >= 0.3 is 0 Å². The van der Waals surface area contributed by atoms with E-state index < -0.39 is 0 Å². The lowest BCUT2D eigenvalue weighted by Crippen LogP contribution is -1.91.